The van der Waals surface area contributed by atoms with Gasteiger partial charge in [0.2, 0.25) is 0 Å². The molecule has 0 N–H and O–H groups in total. The maximum Gasteiger partial charge on any atom is 0.333 e. The molecular formula is C13H13ClF2O2. The van der Waals surface area contributed by atoms with Crippen LogP contribution in [0.4, 0.5) is 8.78 Å². The van der Waals surface area contributed by atoms with E-state index in [9.17, 15) is 13.6 Å². The third kappa shape index (κ3) is 3.81. The number of benzene rings is 1. The zero-order chi connectivity index (χ0) is 13.8. The van der Waals surface area contributed by atoms with Gasteiger partial charge in [-0.05, 0) is 19.1 Å². The molecule has 1 aromatic rings. The van der Waals surface area contributed by atoms with E-state index < -0.39 is 18.3 Å². The number of hydrogen-bond acceptors (Lipinski definition) is 2. The fraction of sp³-hybridized carbons (Fsp3) is 0.308. The summed E-state index contributed by atoms with van der Waals surface area (Å²) in [6.07, 6.45) is -0.770. The molecule has 0 saturated carbocycles. The molecule has 0 atom stereocenters. The molecule has 0 unspecified atom stereocenters. The molecule has 0 aliphatic rings. The summed E-state index contributed by atoms with van der Waals surface area (Å²) >= 11 is 5.62. The molecule has 0 spiro atoms. The van der Waals surface area contributed by atoms with E-state index in [-0.39, 0.29) is 17.7 Å². The van der Waals surface area contributed by atoms with Gasteiger partial charge >= 0.3 is 5.97 Å². The van der Waals surface area contributed by atoms with Crippen LogP contribution in [0.1, 0.15) is 18.9 Å². The molecule has 2 nitrogen and oxygen atoms in total. The summed E-state index contributed by atoms with van der Waals surface area (Å²) in [6.45, 7) is 5.05. The number of hydrogen-bond donors (Lipinski definition) is 0. The number of carbonyl (C=O) groups excluding carboxylic acids is 1. The third-order valence-corrected chi connectivity index (χ3v) is 2.52. The molecule has 1 aromatic carbocycles. The van der Waals surface area contributed by atoms with Crippen molar-refractivity contribution < 1.29 is 18.3 Å². The Morgan fingerprint density at radius 2 is 1.94 bits per heavy atom. The summed E-state index contributed by atoms with van der Waals surface area (Å²) in [5.74, 6) is -3.97. The van der Waals surface area contributed by atoms with E-state index in [1.807, 2.05) is 0 Å². The zero-order valence-electron chi connectivity index (χ0n) is 9.88. The second-order valence-corrected chi connectivity index (χ2v) is 4.15. The lowest BCUT2D eigenvalue weighted by Crippen LogP contribution is -2.18. The fourth-order valence-electron chi connectivity index (χ4n) is 1.37. The van der Waals surface area contributed by atoms with Gasteiger partial charge in [-0.15, -0.1) is 0 Å². The Balaban J connectivity index is 2.78. The van der Waals surface area contributed by atoms with Gasteiger partial charge in [0.05, 0.1) is 6.61 Å². The molecular weight excluding hydrogens is 262 g/mol. The van der Waals surface area contributed by atoms with Gasteiger partial charge in [0.15, 0.2) is 0 Å². The van der Waals surface area contributed by atoms with Crippen LogP contribution in [0, 0.1) is 0 Å². The normalized spacial score (nSPS) is 11.1. The minimum atomic E-state index is -3.17. The maximum atomic E-state index is 13.8. The van der Waals surface area contributed by atoms with Crippen LogP contribution in [-0.2, 0) is 15.5 Å². The van der Waals surface area contributed by atoms with Crippen molar-refractivity contribution in [3.8, 4) is 0 Å². The van der Waals surface area contributed by atoms with E-state index in [1.165, 1.54) is 24.3 Å². The van der Waals surface area contributed by atoms with E-state index in [0.717, 1.165) is 0 Å². The number of carbonyl (C=O) groups is 1. The Morgan fingerprint density at radius 3 is 2.44 bits per heavy atom. The Kier molecular flexibility index (Phi) is 4.84. The van der Waals surface area contributed by atoms with Crippen LogP contribution in [0.15, 0.2) is 36.4 Å². The highest BCUT2D eigenvalue weighted by molar-refractivity contribution is 6.30. The van der Waals surface area contributed by atoms with Crippen molar-refractivity contribution >= 4 is 17.6 Å². The van der Waals surface area contributed by atoms with Crippen LogP contribution >= 0.6 is 11.6 Å². The average Bonchev–Trinajstić information content (AvgIpc) is 2.29. The van der Waals surface area contributed by atoms with Crippen molar-refractivity contribution in [2.75, 3.05) is 6.61 Å². The lowest BCUT2D eigenvalue weighted by molar-refractivity contribution is -0.139. The van der Waals surface area contributed by atoms with Gasteiger partial charge in [-0.3, -0.25) is 0 Å². The van der Waals surface area contributed by atoms with Crippen molar-refractivity contribution in [3.05, 3.63) is 47.0 Å². The Hall–Kier alpha value is -1.42. The van der Waals surface area contributed by atoms with Crippen LogP contribution in [0.5, 0.6) is 0 Å². The lowest BCUT2D eigenvalue weighted by atomic mass is 10.0. The first kappa shape index (κ1) is 14.6. The second-order valence-electron chi connectivity index (χ2n) is 3.71. The Morgan fingerprint density at radius 1 is 1.39 bits per heavy atom. The van der Waals surface area contributed by atoms with Gasteiger partial charge in [0.25, 0.3) is 5.92 Å². The first-order chi connectivity index (χ1) is 8.36. The molecule has 18 heavy (non-hydrogen) atoms. The summed E-state index contributed by atoms with van der Waals surface area (Å²) in [4.78, 5) is 11.2. The molecule has 1 rings (SSSR count). The highest BCUT2D eigenvalue weighted by atomic mass is 35.5. The molecule has 5 heteroatoms. The molecule has 0 heterocycles. The third-order valence-electron chi connectivity index (χ3n) is 2.27. The van der Waals surface area contributed by atoms with E-state index in [1.54, 1.807) is 6.92 Å². The molecule has 0 radical (unpaired) electrons. The van der Waals surface area contributed by atoms with Gasteiger partial charge in [0, 0.05) is 22.6 Å². The summed E-state index contributed by atoms with van der Waals surface area (Å²) in [5, 5.41) is 0.374. The smallest absolute Gasteiger partial charge is 0.333 e. The van der Waals surface area contributed by atoms with Crippen LogP contribution in [0.2, 0.25) is 5.02 Å². The van der Waals surface area contributed by atoms with Crippen LogP contribution in [0.25, 0.3) is 0 Å². The second kappa shape index (κ2) is 5.96. The number of halogens is 3. The molecule has 0 fully saturated rings. The lowest BCUT2D eigenvalue weighted by Gasteiger charge is -2.17. The summed E-state index contributed by atoms with van der Waals surface area (Å²) < 4.78 is 32.3. The van der Waals surface area contributed by atoms with Crippen molar-refractivity contribution in [1.82, 2.24) is 0 Å². The molecule has 0 aliphatic heterocycles. The highest BCUT2D eigenvalue weighted by Gasteiger charge is 2.34. The van der Waals surface area contributed by atoms with Crippen molar-refractivity contribution in [2.24, 2.45) is 0 Å². The van der Waals surface area contributed by atoms with Crippen LogP contribution in [0.3, 0.4) is 0 Å². The minimum absolute atomic E-state index is 0.129. The first-order valence-electron chi connectivity index (χ1n) is 5.35. The van der Waals surface area contributed by atoms with Crippen molar-refractivity contribution in [1.29, 1.82) is 0 Å². The van der Waals surface area contributed by atoms with Gasteiger partial charge < -0.3 is 4.74 Å². The maximum absolute atomic E-state index is 13.8. The SMILES string of the molecule is C=C(CC(F)(F)c1ccc(Cl)cc1)C(=O)OCC. The van der Waals surface area contributed by atoms with Crippen molar-refractivity contribution in [2.45, 2.75) is 19.3 Å². The monoisotopic (exact) mass is 274 g/mol. The molecule has 0 amide bonds. The summed E-state index contributed by atoms with van der Waals surface area (Å²) in [7, 11) is 0. The number of esters is 1. The van der Waals surface area contributed by atoms with Crippen LogP contribution < -0.4 is 0 Å². The van der Waals surface area contributed by atoms with Gasteiger partial charge in [-0.2, -0.15) is 0 Å². The predicted molar refractivity (Wildman–Crippen MR) is 65.7 cm³/mol. The number of rotatable bonds is 5. The number of alkyl halides is 2. The van der Waals surface area contributed by atoms with E-state index >= 15 is 0 Å². The molecule has 0 aromatic heterocycles. The largest absolute Gasteiger partial charge is 0.463 e. The Labute approximate surface area is 109 Å². The minimum Gasteiger partial charge on any atom is -0.463 e. The predicted octanol–water partition coefficient (Wildman–Crippen LogP) is 3.94. The average molecular weight is 275 g/mol. The standard InChI is InChI=1S/C13H13ClF2O2/c1-3-18-12(17)9(2)8-13(15,16)10-4-6-11(14)7-5-10/h4-7H,2-3,8H2,1H3. The fourth-order valence-corrected chi connectivity index (χ4v) is 1.50. The van der Waals surface area contributed by atoms with Crippen molar-refractivity contribution in [3.63, 3.8) is 0 Å². The van der Waals surface area contributed by atoms with Gasteiger partial charge in [-0.1, -0.05) is 30.3 Å². The number of ether oxygens (including phenoxy) is 1. The summed E-state index contributed by atoms with van der Waals surface area (Å²) in [5.41, 5.74) is -0.464. The molecule has 0 aliphatic carbocycles. The quantitative estimate of drug-likeness (QED) is 0.600. The molecule has 0 bridgehead atoms. The van der Waals surface area contributed by atoms with Crippen LogP contribution in [-0.4, -0.2) is 12.6 Å². The summed E-state index contributed by atoms with van der Waals surface area (Å²) in [6, 6.07) is 5.19. The molecule has 98 valence electrons. The van der Waals surface area contributed by atoms with E-state index in [0.29, 0.717) is 5.02 Å². The first-order valence-corrected chi connectivity index (χ1v) is 5.73. The van der Waals surface area contributed by atoms with Gasteiger partial charge in [-0.25, -0.2) is 13.6 Å². The molecule has 0 saturated heterocycles. The van der Waals surface area contributed by atoms with E-state index in [4.69, 9.17) is 11.6 Å². The zero-order valence-corrected chi connectivity index (χ0v) is 10.6. The van der Waals surface area contributed by atoms with E-state index in [2.05, 4.69) is 11.3 Å². The Bertz CT molecular complexity index is 441. The highest BCUT2D eigenvalue weighted by Crippen LogP contribution is 2.34. The topological polar surface area (TPSA) is 26.3 Å². The van der Waals surface area contributed by atoms with Gasteiger partial charge in [0.1, 0.15) is 0 Å².